The van der Waals surface area contributed by atoms with Gasteiger partial charge in [-0.1, -0.05) is 11.8 Å². The summed E-state index contributed by atoms with van der Waals surface area (Å²) in [4.78, 5) is 14.9. The molecule has 2 fully saturated rings. The monoisotopic (exact) mass is 344 g/mol. The standard InChI is InChI=1S/C18H20N2OS2/c1-11-2-7-17(22-11)23-14-5-3-13(4-6-14)18(21)20-16-9-12-8-15(16)19-10-12/h2-7,12,15-16,19H,8-10H2,1H3,(H,20,21). The molecule has 4 rings (SSSR count). The number of carbonyl (C=O) groups excluding carboxylic acids is 1. The third-order valence-corrected chi connectivity index (χ3v) is 6.84. The Bertz CT molecular complexity index is 710. The molecule has 2 N–H and O–H groups in total. The van der Waals surface area contributed by atoms with Gasteiger partial charge < -0.3 is 10.6 Å². The molecule has 120 valence electrons. The Hall–Kier alpha value is -1.30. The Labute approximate surface area is 144 Å². The first-order valence-electron chi connectivity index (χ1n) is 8.06. The topological polar surface area (TPSA) is 41.1 Å². The molecule has 1 saturated heterocycles. The first-order valence-corrected chi connectivity index (χ1v) is 9.69. The summed E-state index contributed by atoms with van der Waals surface area (Å²) < 4.78 is 1.28. The number of hydrogen-bond donors (Lipinski definition) is 2. The fraction of sp³-hybridized carbons (Fsp3) is 0.389. The Kier molecular flexibility index (Phi) is 4.18. The predicted octanol–water partition coefficient (Wildman–Crippen LogP) is 3.69. The van der Waals surface area contributed by atoms with E-state index in [1.165, 1.54) is 20.4 Å². The van der Waals surface area contributed by atoms with Gasteiger partial charge in [0.05, 0.1) is 4.21 Å². The molecule has 1 aromatic heterocycles. The van der Waals surface area contributed by atoms with E-state index >= 15 is 0 Å². The van der Waals surface area contributed by atoms with E-state index in [9.17, 15) is 4.79 Å². The summed E-state index contributed by atoms with van der Waals surface area (Å²) >= 11 is 3.55. The fourth-order valence-electron chi connectivity index (χ4n) is 3.52. The Morgan fingerprint density at radius 1 is 1.22 bits per heavy atom. The molecule has 1 saturated carbocycles. The van der Waals surface area contributed by atoms with Crippen molar-refractivity contribution in [3.05, 3.63) is 46.8 Å². The van der Waals surface area contributed by atoms with Gasteiger partial charge in [-0.25, -0.2) is 0 Å². The SMILES string of the molecule is Cc1ccc(Sc2ccc(C(=O)NC3CC4CNC3C4)cc2)s1. The van der Waals surface area contributed by atoms with E-state index in [4.69, 9.17) is 0 Å². The van der Waals surface area contributed by atoms with Crippen molar-refractivity contribution >= 4 is 29.0 Å². The molecule has 1 aliphatic carbocycles. The van der Waals surface area contributed by atoms with Crippen LogP contribution in [-0.4, -0.2) is 24.5 Å². The summed E-state index contributed by atoms with van der Waals surface area (Å²) in [6.07, 6.45) is 2.33. The molecule has 3 unspecified atom stereocenters. The Morgan fingerprint density at radius 3 is 2.65 bits per heavy atom. The molecule has 5 heteroatoms. The predicted molar refractivity (Wildman–Crippen MR) is 95.4 cm³/mol. The first-order chi connectivity index (χ1) is 11.2. The number of amides is 1. The normalized spacial score (nSPS) is 25.7. The van der Waals surface area contributed by atoms with Gasteiger partial charge in [0.2, 0.25) is 0 Å². The fourth-order valence-corrected chi connectivity index (χ4v) is 5.60. The smallest absolute Gasteiger partial charge is 0.251 e. The van der Waals surface area contributed by atoms with Crippen LogP contribution in [0.3, 0.4) is 0 Å². The van der Waals surface area contributed by atoms with E-state index in [1.54, 1.807) is 23.1 Å². The van der Waals surface area contributed by atoms with Gasteiger partial charge in [-0.3, -0.25) is 4.79 Å². The Morgan fingerprint density at radius 2 is 2.04 bits per heavy atom. The summed E-state index contributed by atoms with van der Waals surface area (Å²) in [6.45, 7) is 3.23. The minimum absolute atomic E-state index is 0.0490. The largest absolute Gasteiger partial charge is 0.348 e. The molecular weight excluding hydrogens is 324 g/mol. The number of hydrogen-bond acceptors (Lipinski definition) is 4. The third kappa shape index (κ3) is 3.32. The van der Waals surface area contributed by atoms with Gasteiger partial charge >= 0.3 is 0 Å². The number of benzene rings is 1. The number of piperidine rings is 1. The van der Waals surface area contributed by atoms with Gasteiger partial charge in [0.1, 0.15) is 0 Å². The first kappa shape index (κ1) is 15.2. The van der Waals surface area contributed by atoms with Crippen LogP contribution < -0.4 is 10.6 Å². The van der Waals surface area contributed by atoms with Crippen molar-refractivity contribution in [2.24, 2.45) is 5.92 Å². The maximum absolute atomic E-state index is 12.4. The summed E-state index contributed by atoms with van der Waals surface area (Å²) in [5.41, 5.74) is 0.750. The molecule has 1 amide bonds. The highest BCUT2D eigenvalue weighted by molar-refractivity contribution is 8.01. The van der Waals surface area contributed by atoms with E-state index in [2.05, 4.69) is 29.7 Å². The number of aryl methyl sites for hydroxylation is 1. The summed E-state index contributed by atoms with van der Waals surface area (Å²) in [7, 11) is 0. The molecular formula is C18H20N2OS2. The lowest BCUT2D eigenvalue weighted by molar-refractivity contribution is 0.0928. The van der Waals surface area contributed by atoms with Crippen molar-refractivity contribution in [3.63, 3.8) is 0 Å². The van der Waals surface area contributed by atoms with Crippen LogP contribution in [-0.2, 0) is 0 Å². The second-order valence-corrected chi connectivity index (χ2v) is 9.09. The Balaban J connectivity index is 1.38. The highest BCUT2D eigenvalue weighted by Crippen LogP contribution is 2.33. The molecule has 2 aliphatic rings. The highest BCUT2D eigenvalue weighted by Gasteiger charge is 2.39. The maximum atomic E-state index is 12.4. The van der Waals surface area contributed by atoms with Crippen LogP contribution in [0.15, 0.2) is 45.5 Å². The van der Waals surface area contributed by atoms with Crippen LogP contribution in [0.4, 0.5) is 0 Å². The van der Waals surface area contributed by atoms with Crippen molar-refractivity contribution in [2.45, 2.75) is 41.0 Å². The number of thiophene rings is 1. The molecule has 1 aromatic carbocycles. The van der Waals surface area contributed by atoms with Gasteiger partial charge in [-0.15, -0.1) is 11.3 Å². The minimum Gasteiger partial charge on any atom is -0.348 e. The van der Waals surface area contributed by atoms with Crippen molar-refractivity contribution < 1.29 is 4.79 Å². The molecule has 0 radical (unpaired) electrons. The highest BCUT2D eigenvalue weighted by atomic mass is 32.2. The van der Waals surface area contributed by atoms with E-state index < -0.39 is 0 Å². The third-order valence-electron chi connectivity index (χ3n) is 4.70. The van der Waals surface area contributed by atoms with Crippen molar-refractivity contribution in [2.75, 3.05) is 6.54 Å². The van der Waals surface area contributed by atoms with Gasteiger partial charge in [0.25, 0.3) is 5.91 Å². The van der Waals surface area contributed by atoms with Crippen LogP contribution >= 0.6 is 23.1 Å². The summed E-state index contributed by atoms with van der Waals surface area (Å²) in [5, 5.41) is 6.68. The second kappa shape index (κ2) is 6.30. The van der Waals surface area contributed by atoms with Crippen molar-refractivity contribution in [3.8, 4) is 0 Å². The average molecular weight is 345 g/mol. The molecule has 23 heavy (non-hydrogen) atoms. The van der Waals surface area contributed by atoms with Gasteiger partial charge in [0.15, 0.2) is 0 Å². The number of rotatable bonds is 4. The lowest BCUT2D eigenvalue weighted by Crippen LogP contribution is -2.47. The molecule has 2 bridgehead atoms. The van der Waals surface area contributed by atoms with Crippen LogP contribution in [0.1, 0.15) is 28.1 Å². The van der Waals surface area contributed by atoms with Crippen molar-refractivity contribution in [1.82, 2.24) is 10.6 Å². The number of nitrogens with one attached hydrogen (secondary N) is 2. The van der Waals surface area contributed by atoms with E-state index in [0.717, 1.165) is 24.4 Å². The molecule has 2 aromatic rings. The minimum atomic E-state index is 0.0490. The summed E-state index contributed by atoms with van der Waals surface area (Å²) in [6, 6.07) is 13.0. The van der Waals surface area contributed by atoms with Gasteiger partial charge in [-0.05, 0) is 68.6 Å². The summed E-state index contributed by atoms with van der Waals surface area (Å²) in [5.74, 6) is 0.797. The lowest BCUT2D eigenvalue weighted by Gasteiger charge is -2.24. The van der Waals surface area contributed by atoms with Crippen LogP contribution in [0, 0.1) is 12.8 Å². The molecule has 3 nitrogen and oxygen atoms in total. The second-order valence-electron chi connectivity index (χ2n) is 6.42. The zero-order chi connectivity index (χ0) is 15.8. The van der Waals surface area contributed by atoms with E-state index in [0.29, 0.717) is 12.1 Å². The molecule has 3 atom stereocenters. The number of carbonyl (C=O) groups is 1. The zero-order valence-corrected chi connectivity index (χ0v) is 14.7. The quantitative estimate of drug-likeness (QED) is 0.889. The molecule has 0 spiro atoms. The zero-order valence-electron chi connectivity index (χ0n) is 13.0. The molecule has 1 aliphatic heterocycles. The average Bonchev–Trinajstić information content (AvgIpc) is 3.25. The van der Waals surface area contributed by atoms with Crippen LogP contribution in [0.25, 0.3) is 0 Å². The maximum Gasteiger partial charge on any atom is 0.251 e. The van der Waals surface area contributed by atoms with Crippen LogP contribution in [0.5, 0.6) is 0 Å². The number of fused-ring (bicyclic) bond motifs is 2. The van der Waals surface area contributed by atoms with E-state index in [-0.39, 0.29) is 5.91 Å². The van der Waals surface area contributed by atoms with Gasteiger partial charge in [-0.2, -0.15) is 0 Å². The lowest BCUT2D eigenvalue weighted by atomic mass is 10.1. The van der Waals surface area contributed by atoms with Crippen LogP contribution in [0.2, 0.25) is 0 Å². The van der Waals surface area contributed by atoms with E-state index in [1.807, 2.05) is 24.3 Å². The van der Waals surface area contributed by atoms with Gasteiger partial charge in [0, 0.05) is 27.4 Å². The molecule has 2 heterocycles. The van der Waals surface area contributed by atoms with Crippen molar-refractivity contribution in [1.29, 1.82) is 0 Å².